The fourth-order valence-electron chi connectivity index (χ4n) is 2.93. The minimum Gasteiger partial charge on any atom is -0.448 e. The Bertz CT molecular complexity index is 882. The summed E-state index contributed by atoms with van der Waals surface area (Å²) >= 11 is 0. The predicted octanol–water partition coefficient (Wildman–Crippen LogP) is 3.07. The number of Topliss-reactive ketones (excluding diaryl/α,β-unsaturated/α-hetero) is 1. The monoisotopic (exact) mass is 372 g/mol. The lowest BCUT2D eigenvalue weighted by molar-refractivity contribution is -0.123. The zero-order chi connectivity index (χ0) is 20.3. The lowest BCUT2D eigenvalue weighted by atomic mass is 10.1. The second kappa shape index (κ2) is 8.18. The molecule has 27 heavy (non-hydrogen) atoms. The standard InChI is InChI=1S/C20H24N2O5/c1-10-17(13(4)24)11(2)21-18(10)20(26)27-14(5)19(25)22-16-8-6-7-15(9-16)12(3)23/h6-9,13-14,21,24H,1-5H3,(H,22,25)/t13-,14-/m1/s1. The van der Waals surface area contributed by atoms with Gasteiger partial charge in [0, 0.05) is 22.5 Å². The van der Waals surface area contributed by atoms with Crippen molar-refractivity contribution in [2.75, 3.05) is 5.32 Å². The minimum absolute atomic E-state index is 0.114. The first kappa shape index (κ1) is 20.4. The molecule has 0 aliphatic rings. The lowest BCUT2D eigenvalue weighted by Crippen LogP contribution is -2.30. The third-order valence-corrected chi connectivity index (χ3v) is 4.31. The highest BCUT2D eigenvalue weighted by Gasteiger charge is 2.24. The molecule has 0 saturated carbocycles. The Morgan fingerprint density at radius 1 is 1.19 bits per heavy atom. The molecule has 1 amide bonds. The summed E-state index contributed by atoms with van der Waals surface area (Å²) in [6.07, 6.45) is -1.77. The number of benzene rings is 1. The van der Waals surface area contributed by atoms with Crippen LogP contribution in [0, 0.1) is 13.8 Å². The Labute approximate surface area is 157 Å². The molecule has 0 saturated heterocycles. The third-order valence-electron chi connectivity index (χ3n) is 4.31. The Morgan fingerprint density at radius 2 is 1.85 bits per heavy atom. The van der Waals surface area contributed by atoms with E-state index >= 15 is 0 Å². The Morgan fingerprint density at radius 3 is 2.41 bits per heavy atom. The number of aryl methyl sites for hydroxylation is 1. The number of hydrogen-bond donors (Lipinski definition) is 3. The largest absolute Gasteiger partial charge is 0.448 e. The van der Waals surface area contributed by atoms with E-state index in [0.29, 0.717) is 28.1 Å². The topological polar surface area (TPSA) is 108 Å². The number of nitrogens with one attached hydrogen (secondary N) is 2. The fourth-order valence-corrected chi connectivity index (χ4v) is 2.93. The van der Waals surface area contributed by atoms with Gasteiger partial charge in [-0.25, -0.2) is 4.79 Å². The molecule has 0 spiro atoms. The second-order valence-corrected chi connectivity index (χ2v) is 6.51. The number of H-pyrrole nitrogens is 1. The van der Waals surface area contributed by atoms with E-state index in [4.69, 9.17) is 4.74 Å². The van der Waals surface area contributed by atoms with Gasteiger partial charge in [0.15, 0.2) is 11.9 Å². The van der Waals surface area contributed by atoms with Crippen molar-refractivity contribution in [2.45, 2.75) is 46.8 Å². The van der Waals surface area contributed by atoms with Crippen LogP contribution in [-0.2, 0) is 9.53 Å². The van der Waals surface area contributed by atoms with Gasteiger partial charge in [-0.15, -0.1) is 0 Å². The quantitative estimate of drug-likeness (QED) is 0.533. The maximum atomic E-state index is 12.4. The highest BCUT2D eigenvalue weighted by atomic mass is 16.5. The molecule has 0 aliphatic carbocycles. The number of anilines is 1. The number of aliphatic hydroxyl groups excluding tert-OH is 1. The van der Waals surface area contributed by atoms with E-state index in [1.54, 1.807) is 45.0 Å². The van der Waals surface area contributed by atoms with E-state index in [0.717, 1.165) is 0 Å². The highest BCUT2D eigenvalue weighted by Crippen LogP contribution is 2.25. The van der Waals surface area contributed by atoms with Crippen molar-refractivity contribution < 1.29 is 24.2 Å². The van der Waals surface area contributed by atoms with Crippen LogP contribution >= 0.6 is 0 Å². The summed E-state index contributed by atoms with van der Waals surface area (Å²) in [5, 5.41) is 12.4. The first-order valence-electron chi connectivity index (χ1n) is 8.61. The summed E-state index contributed by atoms with van der Waals surface area (Å²) in [5.41, 5.74) is 3.03. The molecular weight excluding hydrogens is 348 g/mol. The normalized spacial score (nSPS) is 13.0. The molecule has 7 nitrogen and oxygen atoms in total. The Hall–Kier alpha value is -2.93. The van der Waals surface area contributed by atoms with Gasteiger partial charge in [-0.1, -0.05) is 12.1 Å². The molecule has 144 valence electrons. The number of aliphatic hydroxyl groups is 1. The number of carbonyl (C=O) groups excluding carboxylic acids is 3. The van der Waals surface area contributed by atoms with Crippen molar-refractivity contribution in [1.82, 2.24) is 4.98 Å². The second-order valence-electron chi connectivity index (χ2n) is 6.51. The molecule has 3 N–H and O–H groups in total. The predicted molar refractivity (Wildman–Crippen MR) is 101 cm³/mol. The van der Waals surface area contributed by atoms with Gasteiger partial charge in [-0.2, -0.15) is 0 Å². The molecule has 0 radical (unpaired) electrons. The number of aromatic nitrogens is 1. The van der Waals surface area contributed by atoms with Crippen LogP contribution in [-0.4, -0.2) is 33.9 Å². The van der Waals surface area contributed by atoms with Crippen LogP contribution in [0.25, 0.3) is 0 Å². The molecular formula is C20H24N2O5. The summed E-state index contributed by atoms with van der Waals surface area (Å²) < 4.78 is 5.25. The zero-order valence-corrected chi connectivity index (χ0v) is 16.0. The molecule has 0 fully saturated rings. The van der Waals surface area contributed by atoms with Crippen molar-refractivity contribution in [1.29, 1.82) is 0 Å². The highest BCUT2D eigenvalue weighted by molar-refractivity contribution is 5.99. The van der Waals surface area contributed by atoms with Gasteiger partial charge in [-0.3, -0.25) is 9.59 Å². The smallest absolute Gasteiger partial charge is 0.355 e. The van der Waals surface area contributed by atoms with Crippen molar-refractivity contribution in [3.05, 3.63) is 52.3 Å². The van der Waals surface area contributed by atoms with Gasteiger partial charge in [0.2, 0.25) is 0 Å². The van der Waals surface area contributed by atoms with Crippen molar-refractivity contribution in [3.63, 3.8) is 0 Å². The molecule has 0 aliphatic heterocycles. The van der Waals surface area contributed by atoms with Crippen molar-refractivity contribution in [3.8, 4) is 0 Å². The van der Waals surface area contributed by atoms with Gasteiger partial charge in [0.25, 0.3) is 5.91 Å². The molecule has 2 atom stereocenters. The summed E-state index contributed by atoms with van der Waals surface area (Å²) in [6.45, 7) is 7.98. The van der Waals surface area contributed by atoms with E-state index in [1.165, 1.54) is 13.8 Å². The average Bonchev–Trinajstić information content (AvgIpc) is 2.89. The van der Waals surface area contributed by atoms with Gasteiger partial charge >= 0.3 is 5.97 Å². The van der Waals surface area contributed by atoms with Crippen LogP contribution in [0.3, 0.4) is 0 Å². The molecule has 7 heteroatoms. The fraction of sp³-hybridized carbons (Fsp3) is 0.350. The lowest BCUT2D eigenvalue weighted by Gasteiger charge is -2.14. The molecule has 2 aromatic rings. The summed E-state index contributed by atoms with van der Waals surface area (Å²) in [7, 11) is 0. The molecule has 1 heterocycles. The Kier molecular flexibility index (Phi) is 6.17. The van der Waals surface area contributed by atoms with Gasteiger partial charge < -0.3 is 20.1 Å². The first-order chi connectivity index (χ1) is 12.6. The van der Waals surface area contributed by atoms with Gasteiger partial charge in [-0.05, 0) is 52.3 Å². The van der Waals surface area contributed by atoms with E-state index in [2.05, 4.69) is 10.3 Å². The number of hydrogen-bond acceptors (Lipinski definition) is 5. The molecule has 1 aromatic heterocycles. The minimum atomic E-state index is -1.04. The van der Waals surface area contributed by atoms with E-state index in [1.807, 2.05) is 0 Å². The number of ketones is 1. The van der Waals surface area contributed by atoms with Crippen LogP contribution in [0.2, 0.25) is 0 Å². The maximum absolute atomic E-state index is 12.4. The molecule has 2 rings (SSSR count). The summed E-state index contributed by atoms with van der Waals surface area (Å²) in [5.74, 6) is -1.31. The summed E-state index contributed by atoms with van der Waals surface area (Å²) in [4.78, 5) is 39.0. The van der Waals surface area contributed by atoms with Crippen LogP contribution in [0.1, 0.15) is 64.5 Å². The molecule has 0 unspecified atom stereocenters. The van der Waals surface area contributed by atoms with Crippen LogP contribution in [0.5, 0.6) is 0 Å². The van der Waals surface area contributed by atoms with Crippen LogP contribution < -0.4 is 5.32 Å². The van der Waals surface area contributed by atoms with Gasteiger partial charge in [0.1, 0.15) is 5.69 Å². The van der Waals surface area contributed by atoms with Crippen molar-refractivity contribution in [2.24, 2.45) is 0 Å². The van der Waals surface area contributed by atoms with E-state index in [9.17, 15) is 19.5 Å². The average molecular weight is 372 g/mol. The third kappa shape index (κ3) is 4.62. The van der Waals surface area contributed by atoms with Crippen LogP contribution in [0.4, 0.5) is 5.69 Å². The number of carbonyl (C=O) groups is 3. The van der Waals surface area contributed by atoms with Crippen LogP contribution in [0.15, 0.2) is 24.3 Å². The van der Waals surface area contributed by atoms with Crippen molar-refractivity contribution >= 4 is 23.3 Å². The number of rotatable bonds is 6. The SMILES string of the molecule is CC(=O)c1cccc(NC(=O)[C@@H](C)OC(=O)c2[nH]c(C)c([C@@H](C)O)c2C)c1. The molecule has 0 bridgehead atoms. The maximum Gasteiger partial charge on any atom is 0.355 e. The Balaban J connectivity index is 2.08. The molecule has 1 aromatic carbocycles. The number of esters is 1. The van der Waals surface area contributed by atoms with E-state index < -0.39 is 24.1 Å². The first-order valence-corrected chi connectivity index (χ1v) is 8.61. The van der Waals surface area contributed by atoms with Gasteiger partial charge in [0.05, 0.1) is 6.10 Å². The summed E-state index contributed by atoms with van der Waals surface area (Å²) in [6, 6.07) is 6.51. The number of aromatic amines is 1. The van der Waals surface area contributed by atoms with E-state index in [-0.39, 0.29) is 11.5 Å². The zero-order valence-electron chi connectivity index (χ0n) is 16.0. The number of amides is 1. The number of ether oxygens (including phenoxy) is 1.